The molecule has 1 amide bonds. The Kier molecular flexibility index (Phi) is 7.65. The molecule has 0 unspecified atom stereocenters. The van der Waals surface area contributed by atoms with Gasteiger partial charge < -0.3 is 10.1 Å². The molecular weight excluding hydrogens is 308 g/mol. The maximum absolute atomic E-state index is 12.1. The Hall–Kier alpha value is -1.46. The van der Waals surface area contributed by atoms with Crippen LogP contribution in [0.3, 0.4) is 0 Å². The average molecular weight is 337 g/mol. The monoisotopic (exact) mass is 336 g/mol. The maximum Gasteiger partial charge on any atom is 0.257 e. The van der Waals surface area contributed by atoms with Gasteiger partial charge in [0.05, 0.1) is 6.10 Å². The Balaban J connectivity index is 2.39. The highest BCUT2D eigenvalue weighted by Gasteiger charge is 2.14. The lowest BCUT2D eigenvalue weighted by Gasteiger charge is -2.19. The van der Waals surface area contributed by atoms with Crippen LogP contribution < -0.4 is 10.6 Å². The first-order valence-corrected chi connectivity index (χ1v) is 8.42. The van der Waals surface area contributed by atoms with Crippen LogP contribution in [0.1, 0.15) is 57.0 Å². The molecule has 1 aromatic carbocycles. The van der Waals surface area contributed by atoms with Crippen LogP contribution in [-0.2, 0) is 10.2 Å². The van der Waals surface area contributed by atoms with E-state index in [9.17, 15) is 4.79 Å². The van der Waals surface area contributed by atoms with Crippen molar-refractivity contribution in [3.8, 4) is 0 Å². The number of thiocarbonyl (C=S) groups is 1. The fraction of sp³-hybridized carbons (Fsp3) is 0.556. The van der Waals surface area contributed by atoms with Gasteiger partial charge in [-0.1, -0.05) is 32.9 Å². The molecule has 0 aliphatic rings. The highest BCUT2D eigenvalue weighted by molar-refractivity contribution is 7.80. The third-order valence-corrected chi connectivity index (χ3v) is 3.54. The largest absolute Gasteiger partial charge is 0.379 e. The third-order valence-electron chi connectivity index (χ3n) is 3.30. The van der Waals surface area contributed by atoms with E-state index in [-0.39, 0.29) is 17.4 Å². The summed E-state index contributed by atoms with van der Waals surface area (Å²) < 4.78 is 5.44. The zero-order chi connectivity index (χ0) is 17.5. The highest BCUT2D eigenvalue weighted by atomic mass is 32.1. The molecular formula is C18H28N2O2S. The van der Waals surface area contributed by atoms with Crippen LogP contribution in [0.2, 0.25) is 0 Å². The molecule has 0 aliphatic heterocycles. The second-order valence-electron chi connectivity index (χ2n) is 6.81. The van der Waals surface area contributed by atoms with E-state index in [0.29, 0.717) is 23.8 Å². The van der Waals surface area contributed by atoms with Crippen molar-refractivity contribution < 1.29 is 9.53 Å². The fourth-order valence-electron chi connectivity index (χ4n) is 1.93. The van der Waals surface area contributed by atoms with Crippen molar-refractivity contribution in [2.24, 2.45) is 0 Å². The van der Waals surface area contributed by atoms with Crippen LogP contribution in [0.4, 0.5) is 0 Å². The van der Waals surface area contributed by atoms with Gasteiger partial charge in [0.25, 0.3) is 5.91 Å². The molecule has 0 aliphatic carbocycles. The van der Waals surface area contributed by atoms with E-state index in [1.54, 1.807) is 0 Å². The quantitative estimate of drug-likeness (QED) is 0.617. The van der Waals surface area contributed by atoms with Crippen molar-refractivity contribution in [1.29, 1.82) is 0 Å². The molecule has 0 bridgehead atoms. The van der Waals surface area contributed by atoms with Crippen molar-refractivity contribution in [3.05, 3.63) is 35.4 Å². The van der Waals surface area contributed by atoms with Crippen molar-refractivity contribution in [2.75, 3.05) is 13.2 Å². The Morgan fingerprint density at radius 3 is 2.35 bits per heavy atom. The maximum atomic E-state index is 12.1. The molecule has 0 radical (unpaired) electrons. The van der Waals surface area contributed by atoms with Crippen LogP contribution >= 0.6 is 12.2 Å². The summed E-state index contributed by atoms with van der Waals surface area (Å²) in [5.41, 5.74) is 1.87. The molecule has 1 aromatic rings. The number of benzene rings is 1. The minimum atomic E-state index is -0.193. The van der Waals surface area contributed by atoms with Gasteiger partial charge in [0.2, 0.25) is 0 Å². The summed E-state index contributed by atoms with van der Waals surface area (Å²) in [5, 5.41) is 6.05. The van der Waals surface area contributed by atoms with Gasteiger partial charge in [0, 0.05) is 18.7 Å². The predicted molar refractivity (Wildman–Crippen MR) is 98.9 cm³/mol. The summed E-state index contributed by atoms with van der Waals surface area (Å²) in [6.07, 6.45) is 1.08. The Morgan fingerprint density at radius 1 is 1.22 bits per heavy atom. The van der Waals surface area contributed by atoms with Crippen molar-refractivity contribution >= 4 is 23.2 Å². The standard InChI is InChI=1S/C18H28N2O2S/c1-13(2)22-12-6-11-19-17(23)20-16(21)14-7-9-15(10-8-14)18(3,4)5/h7-10,13H,6,11-12H2,1-5H3,(H2,19,20,21,23). The van der Waals surface area contributed by atoms with Gasteiger partial charge >= 0.3 is 0 Å². The van der Waals surface area contributed by atoms with Gasteiger partial charge in [-0.15, -0.1) is 0 Å². The Morgan fingerprint density at radius 2 is 1.83 bits per heavy atom. The highest BCUT2D eigenvalue weighted by Crippen LogP contribution is 2.22. The number of carbonyl (C=O) groups excluding carboxylic acids is 1. The number of rotatable bonds is 6. The summed E-state index contributed by atoms with van der Waals surface area (Å²) in [6, 6.07) is 7.62. The van der Waals surface area contributed by atoms with Gasteiger partial charge in [-0.05, 0) is 55.6 Å². The summed E-state index contributed by atoms with van der Waals surface area (Å²) in [5.74, 6) is -0.193. The Labute approximate surface area is 145 Å². The van der Waals surface area contributed by atoms with Gasteiger partial charge in [-0.3, -0.25) is 10.1 Å². The molecule has 0 spiro atoms. The smallest absolute Gasteiger partial charge is 0.257 e. The van der Waals surface area contributed by atoms with Gasteiger partial charge in [-0.25, -0.2) is 0 Å². The number of hydrogen-bond donors (Lipinski definition) is 2. The lowest BCUT2D eigenvalue weighted by molar-refractivity contribution is 0.0777. The van der Waals surface area contributed by atoms with Crippen molar-refractivity contribution in [3.63, 3.8) is 0 Å². The summed E-state index contributed by atoms with van der Waals surface area (Å²) in [6.45, 7) is 11.8. The minimum Gasteiger partial charge on any atom is -0.379 e. The molecule has 1 rings (SSSR count). The van der Waals surface area contributed by atoms with Crippen molar-refractivity contribution in [1.82, 2.24) is 10.6 Å². The van der Waals surface area contributed by atoms with E-state index < -0.39 is 0 Å². The first kappa shape index (κ1) is 19.6. The molecule has 23 heavy (non-hydrogen) atoms. The molecule has 0 atom stereocenters. The minimum absolute atomic E-state index is 0.0733. The summed E-state index contributed by atoms with van der Waals surface area (Å²) in [7, 11) is 0. The second kappa shape index (κ2) is 8.99. The van der Waals surface area contributed by atoms with E-state index in [0.717, 1.165) is 6.42 Å². The molecule has 2 N–H and O–H groups in total. The van der Waals surface area contributed by atoms with Crippen LogP contribution in [0.5, 0.6) is 0 Å². The molecule has 0 aromatic heterocycles. The topological polar surface area (TPSA) is 50.4 Å². The first-order valence-electron chi connectivity index (χ1n) is 8.01. The molecule has 5 heteroatoms. The van der Waals surface area contributed by atoms with Crippen LogP contribution in [0, 0.1) is 0 Å². The van der Waals surface area contributed by atoms with E-state index in [1.165, 1.54) is 5.56 Å². The van der Waals surface area contributed by atoms with E-state index in [4.69, 9.17) is 17.0 Å². The lowest BCUT2D eigenvalue weighted by atomic mass is 9.87. The molecule has 128 valence electrons. The first-order chi connectivity index (χ1) is 10.7. The third kappa shape index (κ3) is 7.57. The lowest BCUT2D eigenvalue weighted by Crippen LogP contribution is -2.39. The number of hydrogen-bond acceptors (Lipinski definition) is 3. The van der Waals surface area contributed by atoms with E-state index >= 15 is 0 Å². The normalized spacial score (nSPS) is 11.4. The van der Waals surface area contributed by atoms with Crippen LogP contribution in [0.15, 0.2) is 24.3 Å². The summed E-state index contributed by atoms with van der Waals surface area (Å²) >= 11 is 5.13. The zero-order valence-electron chi connectivity index (χ0n) is 14.7. The number of carbonyl (C=O) groups is 1. The molecule has 0 saturated heterocycles. The predicted octanol–water partition coefficient (Wildman–Crippen LogP) is 3.40. The molecule has 0 saturated carbocycles. The average Bonchev–Trinajstić information content (AvgIpc) is 2.45. The second-order valence-corrected chi connectivity index (χ2v) is 7.22. The van der Waals surface area contributed by atoms with Gasteiger partial charge in [-0.2, -0.15) is 0 Å². The number of ether oxygens (including phenoxy) is 1. The number of nitrogens with one attached hydrogen (secondary N) is 2. The van der Waals surface area contributed by atoms with E-state index in [2.05, 4.69) is 31.4 Å². The Bertz CT molecular complexity index is 519. The van der Waals surface area contributed by atoms with Crippen LogP contribution in [-0.4, -0.2) is 30.3 Å². The van der Waals surface area contributed by atoms with Gasteiger partial charge in [0.15, 0.2) is 5.11 Å². The summed E-state index contributed by atoms with van der Waals surface area (Å²) in [4.78, 5) is 12.1. The van der Waals surface area contributed by atoms with Crippen molar-refractivity contribution in [2.45, 2.75) is 52.6 Å². The molecule has 0 heterocycles. The molecule has 0 fully saturated rings. The molecule has 4 nitrogen and oxygen atoms in total. The fourth-order valence-corrected chi connectivity index (χ4v) is 2.13. The van der Waals surface area contributed by atoms with Gasteiger partial charge in [0.1, 0.15) is 0 Å². The van der Waals surface area contributed by atoms with E-state index in [1.807, 2.05) is 38.1 Å². The zero-order valence-corrected chi connectivity index (χ0v) is 15.5. The SMILES string of the molecule is CC(C)OCCCNC(=S)NC(=O)c1ccc(C(C)(C)C)cc1. The van der Waals surface area contributed by atoms with Crippen LogP contribution in [0.25, 0.3) is 0 Å². The number of amides is 1.